The van der Waals surface area contributed by atoms with Gasteiger partial charge in [-0.1, -0.05) is 11.6 Å². The molecule has 2 aromatic rings. The van der Waals surface area contributed by atoms with Gasteiger partial charge in [0.25, 0.3) is 0 Å². The number of aromatic nitrogens is 2. The minimum Gasteiger partial charge on any atom is -0.356 e. The smallest absolute Gasteiger partial charge is 0.221 e. The van der Waals surface area contributed by atoms with Crippen LogP contribution in [0.15, 0.2) is 18.2 Å². The monoisotopic (exact) mass is 343 g/mol. The number of rotatable bonds is 6. The highest BCUT2D eigenvalue weighted by atomic mass is 35.5. The molecule has 0 aliphatic rings. The zero-order chi connectivity index (χ0) is 16.3. The molecule has 120 valence electrons. The number of halogens is 1. The lowest BCUT2D eigenvalue weighted by Gasteiger charge is -2.05. The number of hydrogen-bond acceptors (Lipinski definition) is 4. The van der Waals surface area contributed by atoms with Crippen LogP contribution >= 0.6 is 11.6 Å². The van der Waals surface area contributed by atoms with Gasteiger partial charge in [-0.2, -0.15) is 0 Å². The van der Waals surface area contributed by atoms with Crippen LogP contribution in [0.3, 0.4) is 0 Å². The fourth-order valence-electron chi connectivity index (χ4n) is 2.13. The Morgan fingerprint density at radius 2 is 2.14 bits per heavy atom. The van der Waals surface area contributed by atoms with E-state index >= 15 is 0 Å². The van der Waals surface area contributed by atoms with Crippen LogP contribution in [0, 0.1) is 0 Å². The molecule has 0 saturated heterocycles. The summed E-state index contributed by atoms with van der Waals surface area (Å²) >= 11 is 5.94. The number of carbonyl (C=O) groups excluding carboxylic acids is 1. The van der Waals surface area contributed by atoms with E-state index in [1.165, 1.54) is 0 Å². The number of hydrogen-bond donors (Lipinski definition) is 1. The molecular weight excluding hydrogens is 326 g/mol. The van der Waals surface area contributed by atoms with E-state index in [2.05, 4.69) is 10.3 Å². The Hall–Kier alpha value is -1.60. The van der Waals surface area contributed by atoms with Crippen LogP contribution in [0.2, 0.25) is 5.02 Å². The SMILES string of the molecule is Cn1c(CCNC(=O)CCS(C)(=O)=O)nc2cc(Cl)ccc21. The Kier molecular flexibility index (Phi) is 5.08. The maximum atomic E-state index is 11.6. The molecule has 0 unspecified atom stereocenters. The zero-order valence-corrected chi connectivity index (χ0v) is 14.0. The molecule has 2 rings (SSSR count). The van der Waals surface area contributed by atoms with Crippen LogP contribution in [-0.4, -0.2) is 42.4 Å². The van der Waals surface area contributed by atoms with Crippen molar-refractivity contribution < 1.29 is 13.2 Å². The maximum absolute atomic E-state index is 11.6. The van der Waals surface area contributed by atoms with Crippen molar-refractivity contribution in [1.29, 1.82) is 0 Å². The number of nitrogens with one attached hydrogen (secondary N) is 1. The normalized spacial score (nSPS) is 11.8. The largest absolute Gasteiger partial charge is 0.356 e. The molecular formula is C14H18ClN3O3S. The molecule has 22 heavy (non-hydrogen) atoms. The summed E-state index contributed by atoms with van der Waals surface area (Å²) < 4.78 is 23.9. The summed E-state index contributed by atoms with van der Waals surface area (Å²) in [5, 5.41) is 3.33. The van der Waals surface area contributed by atoms with E-state index < -0.39 is 9.84 Å². The summed E-state index contributed by atoms with van der Waals surface area (Å²) in [7, 11) is -1.21. The fourth-order valence-corrected chi connectivity index (χ4v) is 2.85. The number of nitrogens with zero attached hydrogens (tertiary/aromatic N) is 2. The summed E-state index contributed by atoms with van der Waals surface area (Å²) in [5.41, 5.74) is 1.79. The van der Waals surface area contributed by atoms with Gasteiger partial charge >= 0.3 is 0 Å². The molecule has 1 N–H and O–H groups in total. The third kappa shape index (κ3) is 4.45. The first-order valence-electron chi connectivity index (χ1n) is 6.81. The molecule has 0 aliphatic carbocycles. The van der Waals surface area contributed by atoms with Crippen molar-refractivity contribution in [3.63, 3.8) is 0 Å². The Labute approximate surface area is 134 Å². The molecule has 8 heteroatoms. The molecule has 0 bridgehead atoms. The summed E-state index contributed by atoms with van der Waals surface area (Å²) in [6, 6.07) is 5.51. The van der Waals surface area contributed by atoms with Crippen molar-refractivity contribution >= 4 is 38.4 Å². The number of imidazole rings is 1. The molecule has 0 radical (unpaired) electrons. The minimum absolute atomic E-state index is 0.0169. The summed E-state index contributed by atoms with van der Waals surface area (Å²) in [6.45, 7) is 0.410. The van der Waals surface area contributed by atoms with E-state index in [-0.39, 0.29) is 18.1 Å². The van der Waals surface area contributed by atoms with Crippen molar-refractivity contribution in [2.24, 2.45) is 7.05 Å². The first-order chi connectivity index (χ1) is 10.3. The molecule has 6 nitrogen and oxygen atoms in total. The van der Waals surface area contributed by atoms with Crippen molar-refractivity contribution in [3.8, 4) is 0 Å². The number of benzene rings is 1. The Morgan fingerprint density at radius 1 is 1.41 bits per heavy atom. The van der Waals surface area contributed by atoms with Gasteiger partial charge in [-0.25, -0.2) is 13.4 Å². The molecule has 0 saturated carbocycles. The fraction of sp³-hybridized carbons (Fsp3) is 0.429. The number of fused-ring (bicyclic) bond motifs is 1. The minimum atomic E-state index is -3.11. The van der Waals surface area contributed by atoms with Crippen molar-refractivity contribution in [2.75, 3.05) is 18.6 Å². The lowest BCUT2D eigenvalue weighted by molar-refractivity contribution is -0.120. The first kappa shape index (κ1) is 16.8. The van der Waals surface area contributed by atoms with Crippen molar-refractivity contribution in [3.05, 3.63) is 29.0 Å². The van der Waals surface area contributed by atoms with Crippen molar-refractivity contribution in [2.45, 2.75) is 12.8 Å². The van der Waals surface area contributed by atoms with Gasteiger partial charge in [0.1, 0.15) is 15.7 Å². The van der Waals surface area contributed by atoms with Crippen LogP contribution in [0.25, 0.3) is 11.0 Å². The first-order valence-corrected chi connectivity index (χ1v) is 9.25. The molecule has 1 heterocycles. The Morgan fingerprint density at radius 3 is 2.82 bits per heavy atom. The molecule has 0 atom stereocenters. The van der Waals surface area contributed by atoms with Crippen LogP contribution in [-0.2, 0) is 28.1 Å². The Balaban J connectivity index is 1.92. The van der Waals surface area contributed by atoms with E-state index in [4.69, 9.17) is 11.6 Å². The van der Waals surface area contributed by atoms with Gasteiger partial charge in [0.15, 0.2) is 0 Å². The van der Waals surface area contributed by atoms with Crippen LogP contribution in [0.5, 0.6) is 0 Å². The summed E-state index contributed by atoms with van der Waals surface area (Å²) in [4.78, 5) is 16.0. The lowest BCUT2D eigenvalue weighted by atomic mass is 10.3. The maximum Gasteiger partial charge on any atom is 0.221 e. The van der Waals surface area contributed by atoms with E-state index in [1.807, 2.05) is 23.7 Å². The quantitative estimate of drug-likeness (QED) is 0.857. The van der Waals surface area contributed by atoms with Crippen molar-refractivity contribution in [1.82, 2.24) is 14.9 Å². The van der Waals surface area contributed by atoms with E-state index in [0.29, 0.717) is 18.0 Å². The number of sulfone groups is 1. The second kappa shape index (κ2) is 6.66. The molecule has 1 aromatic heterocycles. The molecule has 0 spiro atoms. The van der Waals surface area contributed by atoms with Gasteiger partial charge in [0, 0.05) is 37.7 Å². The standard InChI is InChI=1S/C14H18ClN3O3S/c1-18-12-4-3-10(15)9-11(12)17-13(18)5-7-16-14(19)6-8-22(2,20)21/h3-4,9H,5-8H2,1-2H3,(H,16,19). The van der Waals surface area contributed by atoms with Gasteiger partial charge in [-0.05, 0) is 18.2 Å². The van der Waals surface area contributed by atoms with E-state index in [9.17, 15) is 13.2 Å². The predicted octanol–water partition coefficient (Wildman–Crippen LogP) is 1.32. The topological polar surface area (TPSA) is 81.1 Å². The highest BCUT2D eigenvalue weighted by molar-refractivity contribution is 7.90. The molecule has 1 aromatic carbocycles. The summed E-state index contributed by atoms with van der Waals surface area (Å²) in [5.74, 6) is 0.428. The number of aryl methyl sites for hydroxylation is 1. The lowest BCUT2D eigenvalue weighted by Crippen LogP contribution is -2.27. The predicted molar refractivity (Wildman–Crippen MR) is 86.8 cm³/mol. The molecule has 0 aliphatic heterocycles. The van der Waals surface area contributed by atoms with Crippen LogP contribution in [0.1, 0.15) is 12.2 Å². The van der Waals surface area contributed by atoms with E-state index in [0.717, 1.165) is 23.1 Å². The second-order valence-corrected chi connectivity index (χ2v) is 7.90. The average Bonchev–Trinajstić information content (AvgIpc) is 2.72. The third-order valence-corrected chi connectivity index (χ3v) is 4.49. The highest BCUT2D eigenvalue weighted by Gasteiger charge is 2.10. The number of carbonyl (C=O) groups is 1. The van der Waals surface area contributed by atoms with Gasteiger partial charge in [-0.15, -0.1) is 0 Å². The average molecular weight is 344 g/mol. The van der Waals surface area contributed by atoms with Crippen LogP contribution < -0.4 is 5.32 Å². The Bertz CT molecular complexity index is 799. The zero-order valence-electron chi connectivity index (χ0n) is 12.5. The van der Waals surface area contributed by atoms with Gasteiger partial charge in [-0.3, -0.25) is 4.79 Å². The highest BCUT2D eigenvalue weighted by Crippen LogP contribution is 2.19. The number of amides is 1. The molecule has 0 fully saturated rings. The molecule has 1 amide bonds. The van der Waals surface area contributed by atoms with E-state index in [1.54, 1.807) is 6.07 Å². The van der Waals surface area contributed by atoms with Gasteiger partial charge < -0.3 is 9.88 Å². The third-order valence-electron chi connectivity index (χ3n) is 3.31. The summed E-state index contributed by atoms with van der Waals surface area (Å²) in [6.07, 6.45) is 1.66. The van der Waals surface area contributed by atoms with Crippen LogP contribution in [0.4, 0.5) is 0 Å². The van der Waals surface area contributed by atoms with Gasteiger partial charge in [0.2, 0.25) is 5.91 Å². The second-order valence-electron chi connectivity index (χ2n) is 5.20. The van der Waals surface area contributed by atoms with Gasteiger partial charge in [0.05, 0.1) is 16.8 Å².